The molecule has 0 aromatic carbocycles. The van der Waals surface area contributed by atoms with Crippen molar-refractivity contribution in [3.63, 3.8) is 0 Å². The van der Waals surface area contributed by atoms with Crippen molar-refractivity contribution < 1.29 is 0 Å². The van der Waals surface area contributed by atoms with Crippen molar-refractivity contribution in [1.29, 1.82) is 0 Å². The second-order valence-electron chi connectivity index (χ2n) is 4.68. The molecule has 1 aliphatic rings. The minimum atomic E-state index is 0.284. The molecular weight excluding hydrogens is 234 g/mol. The van der Waals surface area contributed by atoms with E-state index >= 15 is 0 Å². The fourth-order valence-corrected chi connectivity index (χ4v) is 2.40. The number of rotatable bonds is 5. The second kappa shape index (κ2) is 4.67. The van der Waals surface area contributed by atoms with Gasteiger partial charge in [-0.2, -0.15) is 0 Å². The van der Waals surface area contributed by atoms with Crippen LogP contribution in [-0.4, -0.2) is 21.3 Å². The van der Waals surface area contributed by atoms with E-state index in [1.807, 2.05) is 28.8 Å². The fraction of sp³-hybridized carbons (Fsp3) is 0.462. The van der Waals surface area contributed by atoms with Crippen molar-refractivity contribution in [3.8, 4) is 0 Å². The summed E-state index contributed by atoms with van der Waals surface area (Å²) in [5.74, 6) is 0.741. The predicted octanol–water partition coefficient (Wildman–Crippen LogP) is 2.44. The van der Waals surface area contributed by atoms with Gasteiger partial charge < -0.3 is 9.72 Å². The third-order valence-electron chi connectivity index (χ3n) is 3.19. The Morgan fingerprint density at radius 2 is 2.35 bits per heavy atom. The van der Waals surface area contributed by atoms with Crippen LogP contribution in [0.1, 0.15) is 18.5 Å². The number of halogens is 1. The average Bonchev–Trinajstić information content (AvgIpc) is 3.09. The molecule has 17 heavy (non-hydrogen) atoms. The van der Waals surface area contributed by atoms with E-state index in [2.05, 4.69) is 16.5 Å². The summed E-state index contributed by atoms with van der Waals surface area (Å²) >= 11 is 6.24. The van der Waals surface area contributed by atoms with E-state index in [1.165, 1.54) is 12.8 Å². The van der Waals surface area contributed by atoms with Gasteiger partial charge in [0, 0.05) is 30.9 Å². The third kappa shape index (κ3) is 2.61. The van der Waals surface area contributed by atoms with E-state index in [0.29, 0.717) is 0 Å². The lowest BCUT2D eigenvalue weighted by molar-refractivity contribution is 0.615. The van der Waals surface area contributed by atoms with Gasteiger partial charge in [0.2, 0.25) is 0 Å². The maximum absolute atomic E-state index is 6.24. The Morgan fingerprint density at radius 3 is 3.12 bits per heavy atom. The zero-order chi connectivity index (χ0) is 11.7. The number of hydrogen-bond acceptors (Lipinski definition) is 2. The zero-order valence-corrected chi connectivity index (χ0v) is 10.4. The van der Waals surface area contributed by atoms with E-state index in [0.717, 1.165) is 30.3 Å². The predicted molar refractivity (Wildman–Crippen MR) is 69.3 cm³/mol. The van der Waals surface area contributed by atoms with Crippen LogP contribution in [0.4, 0.5) is 0 Å². The van der Waals surface area contributed by atoms with Gasteiger partial charge >= 0.3 is 0 Å². The van der Waals surface area contributed by atoms with Crippen molar-refractivity contribution in [3.05, 3.63) is 36.3 Å². The quantitative estimate of drug-likeness (QED) is 0.825. The number of fused-ring (bicyclic) bond motifs is 1. The summed E-state index contributed by atoms with van der Waals surface area (Å²) < 4.78 is 2.04. The van der Waals surface area contributed by atoms with Gasteiger partial charge in [0.1, 0.15) is 5.65 Å². The largest absolute Gasteiger partial charge is 0.310 e. The number of alkyl halides is 1. The molecule has 90 valence electrons. The molecule has 1 unspecified atom stereocenters. The monoisotopic (exact) mass is 249 g/mol. The van der Waals surface area contributed by atoms with E-state index in [-0.39, 0.29) is 5.38 Å². The van der Waals surface area contributed by atoms with Crippen LogP contribution in [0.15, 0.2) is 30.6 Å². The van der Waals surface area contributed by atoms with Crippen molar-refractivity contribution in [1.82, 2.24) is 14.7 Å². The molecule has 2 heterocycles. The number of nitrogens with zero attached hydrogens (tertiary/aromatic N) is 2. The maximum atomic E-state index is 6.24. The smallest absolute Gasteiger partial charge is 0.137 e. The normalized spacial score (nSPS) is 17.5. The molecule has 1 fully saturated rings. The fourth-order valence-electron chi connectivity index (χ4n) is 2.04. The van der Waals surface area contributed by atoms with Crippen LogP contribution in [-0.2, 0) is 6.54 Å². The van der Waals surface area contributed by atoms with Crippen LogP contribution in [0, 0.1) is 5.92 Å². The molecule has 2 aromatic heterocycles. The summed E-state index contributed by atoms with van der Waals surface area (Å²) in [6.45, 7) is 1.66. The van der Waals surface area contributed by atoms with Crippen LogP contribution in [0.2, 0.25) is 0 Å². The molecule has 1 saturated carbocycles. The minimum absolute atomic E-state index is 0.284. The Bertz CT molecular complexity index is 471. The first-order chi connectivity index (χ1) is 8.33. The molecule has 1 N–H and O–H groups in total. The molecule has 3 rings (SSSR count). The number of hydrogen-bond donors (Lipinski definition) is 1. The molecule has 2 aromatic rings. The molecule has 0 aliphatic heterocycles. The topological polar surface area (TPSA) is 29.3 Å². The van der Waals surface area contributed by atoms with Gasteiger partial charge in [0.15, 0.2) is 0 Å². The van der Waals surface area contributed by atoms with Gasteiger partial charge in [-0.15, -0.1) is 11.6 Å². The standard InChI is InChI=1S/C13H16ClN3/c14-12(10-4-5-10)8-15-7-11-9-17-6-2-1-3-13(17)16-11/h1-3,6,9-10,12,15H,4-5,7-8H2. The average molecular weight is 250 g/mol. The lowest BCUT2D eigenvalue weighted by Crippen LogP contribution is -2.24. The van der Waals surface area contributed by atoms with Crippen molar-refractivity contribution >= 4 is 17.2 Å². The highest BCUT2D eigenvalue weighted by Gasteiger charge is 2.29. The lowest BCUT2D eigenvalue weighted by Gasteiger charge is -2.07. The van der Waals surface area contributed by atoms with Gasteiger partial charge in [-0.3, -0.25) is 0 Å². The maximum Gasteiger partial charge on any atom is 0.137 e. The number of aromatic nitrogens is 2. The molecule has 0 radical (unpaired) electrons. The first kappa shape index (κ1) is 11.1. The van der Waals surface area contributed by atoms with E-state index in [4.69, 9.17) is 11.6 Å². The Kier molecular flexibility index (Phi) is 3.04. The van der Waals surface area contributed by atoms with E-state index in [1.54, 1.807) is 0 Å². The number of imidazole rings is 1. The Labute approximate surface area is 106 Å². The van der Waals surface area contributed by atoms with Gasteiger partial charge in [0.05, 0.1) is 5.69 Å². The van der Waals surface area contributed by atoms with E-state index < -0.39 is 0 Å². The second-order valence-corrected chi connectivity index (χ2v) is 5.24. The molecule has 0 saturated heterocycles. The summed E-state index contributed by atoms with van der Waals surface area (Å²) in [5, 5.41) is 3.66. The highest BCUT2D eigenvalue weighted by molar-refractivity contribution is 6.21. The van der Waals surface area contributed by atoms with Gasteiger partial charge in [-0.1, -0.05) is 6.07 Å². The molecule has 0 bridgehead atoms. The summed E-state index contributed by atoms with van der Waals surface area (Å²) in [6, 6.07) is 6.02. The van der Waals surface area contributed by atoms with Crippen LogP contribution in [0.3, 0.4) is 0 Å². The summed E-state index contributed by atoms with van der Waals surface area (Å²) in [7, 11) is 0. The van der Waals surface area contributed by atoms with Gasteiger partial charge in [0.25, 0.3) is 0 Å². The Balaban J connectivity index is 1.57. The first-order valence-corrected chi connectivity index (χ1v) is 6.54. The molecule has 4 heteroatoms. The zero-order valence-electron chi connectivity index (χ0n) is 9.64. The molecule has 1 atom stereocenters. The van der Waals surface area contributed by atoms with Crippen LogP contribution in [0.5, 0.6) is 0 Å². The van der Waals surface area contributed by atoms with Crippen molar-refractivity contribution in [2.45, 2.75) is 24.8 Å². The number of pyridine rings is 1. The van der Waals surface area contributed by atoms with Gasteiger partial charge in [-0.25, -0.2) is 4.98 Å². The van der Waals surface area contributed by atoms with Gasteiger partial charge in [-0.05, 0) is 30.9 Å². The van der Waals surface area contributed by atoms with Crippen LogP contribution < -0.4 is 5.32 Å². The Hall–Kier alpha value is -1.06. The number of nitrogens with one attached hydrogen (secondary N) is 1. The van der Waals surface area contributed by atoms with Crippen molar-refractivity contribution in [2.24, 2.45) is 5.92 Å². The summed E-state index contributed by atoms with van der Waals surface area (Å²) in [6.07, 6.45) is 6.66. The molecular formula is C13H16ClN3. The van der Waals surface area contributed by atoms with Crippen molar-refractivity contribution in [2.75, 3.05) is 6.54 Å². The SMILES string of the molecule is ClC(CNCc1cn2ccccc2n1)C1CC1. The highest BCUT2D eigenvalue weighted by Crippen LogP contribution is 2.35. The Morgan fingerprint density at radius 1 is 1.47 bits per heavy atom. The minimum Gasteiger partial charge on any atom is -0.310 e. The van der Waals surface area contributed by atoms with Crippen LogP contribution >= 0.6 is 11.6 Å². The molecule has 1 aliphatic carbocycles. The third-order valence-corrected chi connectivity index (χ3v) is 3.70. The molecule has 0 amide bonds. The molecule has 3 nitrogen and oxygen atoms in total. The lowest BCUT2D eigenvalue weighted by atomic mass is 10.3. The first-order valence-electron chi connectivity index (χ1n) is 6.10. The van der Waals surface area contributed by atoms with Crippen LogP contribution in [0.25, 0.3) is 5.65 Å². The summed E-state index contributed by atoms with van der Waals surface area (Å²) in [5.41, 5.74) is 2.06. The highest BCUT2D eigenvalue weighted by atomic mass is 35.5. The van der Waals surface area contributed by atoms with E-state index in [9.17, 15) is 0 Å². The molecule has 0 spiro atoms. The summed E-state index contributed by atoms with van der Waals surface area (Å²) in [4.78, 5) is 4.53.